The van der Waals surface area contributed by atoms with E-state index in [1.54, 1.807) is 0 Å². The molecule has 0 radical (unpaired) electrons. The first-order valence-electron chi connectivity index (χ1n) is 6.56. The van der Waals surface area contributed by atoms with Gasteiger partial charge in [-0.25, -0.2) is 4.79 Å². The monoisotopic (exact) mass is 238 g/mol. The summed E-state index contributed by atoms with van der Waals surface area (Å²) >= 11 is 0. The molecule has 3 heteroatoms. The van der Waals surface area contributed by atoms with Crippen molar-refractivity contribution < 1.29 is 13.9 Å². The van der Waals surface area contributed by atoms with Gasteiger partial charge in [0, 0.05) is 0 Å². The van der Waals surface area contributed by atoms with E-state index in [1.807, 2.05) is 6.92 Å². The highest BCUT2D eigenvalue weighted by molar-refractivity contribution is 5.85. The van der Waals surface area contributed by atoms with Crippen LogP contribution in [0, 0.1) is 23.7 Å². The molecule has 4 aliphatic carbocycles. The van der Waals surface area contributed by atoms with Crippen LogP contribution in [0.4, 0.5) is 4.39 Å². The fourth-order valence-corrected chi connectivity index (χ4v) is 4.54. The normalized spacial score (nSPS) is 46.9. The molecule has 0 N–H and O–H groups in total. The van der Waals surface area contributed by atoms with E-state index in [1.165, 1.54) is 6.42 Å². The first kappa shape index (κ1) is 11.2. The third-order valence-corrected chi connectivity index (χ3v) is 5.29. The standard InChI is InChI=1S/C14H19FO2/c1-8(15)13(16)17-14(2)11-4-9-3-10(6-11)7-12(14)5-9/h9-12H,1,3-7H2,2H3. The lowest BCUT2D eigenvalue weighted by molar-refractivity contribution is -0.200. The van der Waals surface area contributed by atoms with E-state index in [9.17, 15) is 9.18 Å². The van der Waals surface area contributed by atoms with Gasteiger partial charge in [-0.15, -0.1) is 0 Å². The van der Waals surface area contributed by atoms with Crippen LogP contribution in [-0.4, -0.2) is 11.6 Å². The zero-order valence-corrected chi connectivity index (χ0v) is 10.2. The predicted octanol–water partition coefficient (Wildman–Crippen LogP) is 3.23. The van der Waals surface area contributed by atoms with Gasteiger partial charge in [0.05, 0.1) is 0 Å². The third kappa shape index (κ3) is 1.62. The average molecular weight is 238 g/mol. The first-order chi connectivity index (χ1) is 7.99. The minimum Gasteiger partial charge on any atom is -0.454 e. The summed E-state index contributed by atoms with van der Waals surface area (Å²) in [5.41, 5.74) is -0.445. The molecule has 0 aromatic rings. The number of rotatable bonds is 2. The Morgan fingerprint density at radius 2 is 1.65 bits per heavy atom. The molecule has 0 saturated heterocycles. The topological polar surface area (TPSA) is 26.3 Å². The van der Waals surface area contributed by atoms with Crippen molar-refractivity contribution in [3.8, 4) is 0 Å². The maximum absolute atomic E-state index is 12.8. The van der Waals surface area contributed by atoms with Crippen LogP contribution in [0.5, 0.6) is 0 Å². The van der Waals surface area contributed by atoms with Crippen molar-refractivity contribution in [1.82, 2.24) is 0 Å². The highest BCUT2D eigenvalue weighted by Crippen LogP contribution is 2.59. The van der Waals surface area contributed by atoms with Gasteiger partial charge in [-0.1, -0.05) is 6.58 Å². The highest BCUT2D eigenvalue weighted by Gasteiger charge is 2.57. The summed E-state index contributed by atoms with van der Waals surface area (Å²) < 4.78 is 18.3. The number of carbonyl (C=O) groups excluding carboxylic acids is 1. The van der Waals surface area contributed by atoms with Crippen LogP contribution >= 0.6 is 0 Å². The van der Waals surface area contributed by atoms with Crippen molar-refractivity contribution in [2.75, 3.05) is 0 Å². The molecule has 0 aromatic carbocycles. The van der Waals surface area contributed by atoms with Gasteiger partial charge in [-0.3, -0.25) is 0 Å². The molecule has 4 aliphatic rings. The van der Waals surface area contributed by atoms with E-state index in [0.717, 1.165) is 37.5 Å². The van der Waals surface area contributed by atoms with Crippen molar-refractivity contribution in [2.45, 2.75) is 44.6 Å². The Balaban J connectivity index is 1.82. The minimum absolute atomic E-state index is 0.432. The number of halogens is 1. The minimum atomic E-state index is -0.972. The Morgan fingerprint density at radius 1 is 1.18 bits per heavy atom. The maximum Gasteiger partial charge on any atom is 0.367 e. The van der Waals surface area contributed by atoms with E-state index in [-0.39, 0.29) is 0 Å². The van der Waals surface area contributed by atoms with Gasteiger partial charge in [0.1, 0.15) is 5.60 Å². The van der Waals surface area contributed by atoms with Crippen LogP contribution in [-0.2, 0) is 9.53 Å². The molecule has 0 atom stereocenters. The van der Waals surface area contributed by atoms with Gasteiger partial charge in [0.2, 0.25) is 5.83 Å². The van der Waals surface area contributed by atoms with E-state index in [0.29, 0.717) is 11.8 Å². The largest absolute Gasteiger partial charge is 0.454 e. The van der Waals surface area contributed by atoms with Gasteiger partial charge in [0.15, 0.2) is 0 Å². The van der Waals surface area contributed by atoms with E-state index >= 15 is 0 Å². The molecule has 0 unspecified atom stereocenters. The van der Waals surface area contributed by atoms with Crippen LogP contribution in [0.15, 0.2) is 12.4 Å². The van der Waals surface area contributed by atoms with Crippen molar-refractivity contribution in [1.29, 1.82) is 0 Å². The molecular weight excluding hydrogens is 219 g/mol. The van der Waals surface area contributed by atoms with Gasteiger partial charge < -0.3 is 4.74 Å². The van der Waals surface area contributed by atoms with Crippen LogP contribution in [0.25, 0.3) is 0 Å². The van der Waals surface area contributed by atoms with Crippen molar-refractivity contribution in [2.24, 2.45) is 23.7 Å². The van der Waals surface area contributed by atoms with E-state index < -0.39 is 17.4 Å². The summed E-state index contributed by atoms with van der Waals surface area (Å²) in [5.74, 6) is 0.666. The fourth-order valence-electron chi connectivity index (χ4n) is 4.54. The lowest BCUT2D eigenvalue weighted by atomic mass is 9.50. The van der Waals surface area contributed by atoms with Crippen molar-refractivity contribution in [3.05, 3.63) is 12.4 Å². The second-order valence-corrected chi connectivity index (χ2v) is 6.28. The molecular formula is C14H19FO2. The summed E-state index contributed by atoms with van der Waals surface area (Å²) in [5, 5.41) is 0. The average Bonchev–Trinajstić information content (AvgIpc) is 2.25. The zero-order chi connectivity index (χ0) is 12.2. The number of carbonyl (C=O) groups is 1. The Labute approximate surface area is 101 Å². The summed E-state index contributed by atoms with van der Waals surface area (Å²) in [7, 11) is 0. The molecule has 0 heterocycles. The number of esters is 1. The summed E-state index contributed by atoms with van der Waals surface area (Å²) in [6, 6.07) is 0. The molecule has 4 fully saturated rings. The third-order valence-electron chi connectivity index (χ3n) is 5.29. The van der Waals surface area contributed by atoms with Crippen LogP contribution in [0.3, 0.4) is 0 Å². The summed E-state index contributed by atoms with van der Waals surface area (Å²) in [6.07, 6.45) is 5.95. The molecule has 4 rings (SSSR count). The number of hydrogen-bond donors (Lipinski definition) is 0. The molecule has 0 amide bonds. The van der Waals surface area contributed by atoms with E-state index in [2.05, 4.69) is 6.58 Å². The Kier molecular flexibility index (Phi) is 2.36. The molecule has 2 nitrogen and oxygen atoms in total. The Hall–Kier alpha value is -0.860. The van der Waals surface area contributed by atoms with Gasteiger partial charge >= 0.3 is 5.97 Å². The van der Waals surface area contributed by atoms with Crippen LogP contribution in [0.1, 0.15) is 39.0 Å². The van der Waals surface area contributed by atoms with Crippen molar-refractivity contribution in [3.63, 3.8) is 0 Å². The van der Waals surface area contributed by atoms with Crippen molar-refractivity contribution >= 4 is 5.97 Å². The fraction of sp³-hybridized carbons (Fsp3) is 0.786. The second kappa shape index (κ2) is 3.56. The number of hydrogen-bond acceptors (Lipinski definition) is 2. The summed E-state index contributed by atoms with van der Waals surface area (Å²) in [6.45, 7) is 5.03. The quantitative estimate of drug-likeness (QED) is 0.545. The molecule has 0 spiro atoms. The molecule has 4 bridgehead atoms. The zero-order valence-electron chi connectivity index (χ0n) is 10.2. The molecule has 17 heavy (non-hydrogen) atoms. The van der Waals surface area contributed by atoms with Gasteiger partial charge in [-0.05, 0) is 62.7 Å². The Bertz CT molecular complexity index is 346. The molecule has 94 valence electrons. The van der Waals surface area contributed by atoms with Crippen LogP contribution < -0.4 is 0 Å². The lowest BCUT2D eigenvalue weighted by Crippen LogP contribution is -2.58. The van der Waals surface area contributed by atoms with Crippen LogP contribution in [0.2, 0.25) is 0 Å². The maximum atomic E-state index is 12.8. The predicted molar refractivity (Wildman–Crippen MR) is 61.8 cm³/mol. The molecule has 4 saturated carbocycles. The lowest BCUT2D eigenvalue weighted by Gasteiger charge is -2.58. The van der Waals surface area contributed by atoms with Gasteiger partial charge in [0.25, 0.3) is 0 Å². The van der Waals surface area contributed by atoms with E-state index in [4.69, 9.17) is 4.74 Å². The van der Waals surface area contributed by atoms with Gasteiger partial charge in [-0.2, -0.15) is 4.39 Å². The number of ether oxygens (including phenoxy) is 1. The Morgan fingerprint density at radius 3 is 2.06 bits per heavy atom. The first-order valence-corrected chi connectivity index (χ1v) is 6.56. The smallest absolute Gasteiger partial charge is 0.367 e. The second-order valence-electron chi connectivity index (χ2n) is 6.28. The highest BCUT2D eigenvalue weighted by atomic mass is 19.1. The molecule has 0 aliphatic heterocycles. The SMILES string of the molecule is C=C(F)C(=O)OC1(C)C2CC3CC(C2)CC1C3. The summed E-state index contributed by atoms with van der Waals surface area (Å²) in [4.78, 5) is 11.4. The molecule has 0 aromatic heterocycles.